The molecule has 0 amide bonds. The van der Waals surface area contributed by atoms with Gasteiger partial charge in [-0.05, 0) is 57.0 Å². The van der Waals surface area contributed by atoms with Gasteiger partial charge in [-0.3, -0.25) is 4.90 Å². The van der Waals surface area contributed by atoms with Crippen LogP contribution in [0.5, 0.6) is 0 Å². The zero-order valence-corrected chi connectivity index (χ0v) is 15.0. The summed E-state index contributed by atoms with van der Waals surface area (Å²) in [5, 5.41) is 0. The van der Waals surface area contributed by atoms with Crippen molar-refractivity contribution >= 4 is 0 Å². The topological polar surface area (TPSA) is 38.5 Å². The molecule has 0 aromatic heterocycles. The highest BCUT2D eigenvalue weighted by molar-refractivity contribution is 4.96. The maximum absolute atomic E-state index is 6.27. The Kier molecular flexibility index (Phi) is 8.22. The van der Waals surface area contributed by atoms with Gasteiger partial charge in [0, 0.05) is 18.7 Å². The molecule has 3 nitrogen and oxygen atoms in total. The first-order valence-electron chi connectivity index (χ1n) is 9.00. The molecule has 2 atom stereocenters. The lowest BCUT2D eigenvalue weighted by molar-refractivity contribution is -0.0739. The minimum Gasteiger partial charge on any atom is -0.378 e. The van der Waals surface area contributed by atoms with E-state index in [1.54, 1.807) is 0 Å². The first-order valence-corrected chi connectivity index (χ1v) is 9.00. The van der Waals surface area contributed by atoms with Crippen LogP contribution >= 0.6 is 0 Å². The summed E-state index contributed by atoms with van der Waals surface area (Å²) in [7, 11) is 0. The second kappa shape index (κ2) is 9.12. The van der Waals surface area contributed by atoms with Gasteiger partial charge in [0.1, 0.15) is 0 Å². The van der Waals surface area contributed by atoms with E-state index in [-0.39, 0.29) is 5.54 Å². The summed E-state index contributed by atoms with van der Waals surface area (Å²) in [6.07, 6.45) is 6.22. The maximum Gasteiger partial charge on any atom is 0.0590 e. The van der Waals surface area contributed by atoms with E-state index in [0.29, 0.717) is 6.10 Å². The van der Waals surface area contributed by atoms with E-state index in [2.05, 4.69) is 39.5 Å². The Morgan fingerprint density at radius 2 is 1.71 bits per heavy atom. The fraction of sp³-hybridized carbons (Fsp3) is 1.00. The molecule has 0 aliphatic carbocycles. The molecule has 21 heavy (non-hydrogen) atoms. The van der Waals surface area contributed by atoms with E-state index >= 15 is 0 Å². The average molecular weight is 299 g/mol. The minimum atomic E-state index is 0.169. The molecule has 2 unspecified atom stereocenters. The smallest absolute Gasteiger partial charge is 0.0590 e. The quantitative estimate of drug-likeness (QED) is 0.706. The third kappa shape index (κ3) is 5.88. The van der Waals surface area contributed by atoms with Crippen molar-refractivity contribution in [1.82, 2.24) is 4.90 Å². The van der Waals surface area contributed by atoms with E-state index < -0.39 is 0 Å². The molecular weight excluding hydrogens is 260 g/mol. The summed E-state index contributed by atoms with van der Waals surface area (Å²) in [6.45, 7) is 15.5. The van der Waals surface area contributed by atoms with E-state index in [0.717, 1.165) is 44.2 Å². The van der Waals surface area contributed by atoms with Gasteiger partial charge in [0.2, 0.25) is 0 Å². The molecule has 2 N–H and O–H groups in total. The third-order valence-electron chi connectivity index (χ3n) is 4.99. The normalized spacial score (nSPS) is 27.0. The summed E-state index contributed by atoms with van der Waals surface area (Å²) < 4.78 is 5.90. The molecule has 0 aromatic carbocycles. The summed E-state index contributed by atoms with van der Waals surface area (Å²) in [5.74, 6) is 1.51. The summed E-state index contributed by atoms with van der Waals surface area (Å²) in [6, 6.07) is 0. The van der Waals surface area contributed by atoms with Crippen LogP contribution in [0.4, 0.5) is 0 Å². The molecule has 3 heteroatoms. The summed E-state index contributed by atoms with van der Waals surface area (Å²) in [4.78, 5) is 2.71. The second-order valence-corrected chi connectivity index (χ2v) is 7.64. The highest BCUT2D eigenvalue weighted by atomic mass is 16.5. The van der Waals surface area contributed by atoms with Crippen LogP contribution in [-0.2, 0) is 4.74 Å². The van der Waals surface area contributed by atoms with Crippen LogP contribution in [0.1, 0.15) is 66.7 Å². The Bertz CT molecular complexity index is 268. The predicted molar refractivity (Wildman–Crippen MR) is 91.5 cm³/mol. The largest absolute Gasteiger partial charge is 0.378 e. The first kappa shape index (κ1) is 18.9. The van der Waals surface area contributed by atoms with Crippen molar-refractivity contribution < 1.29 is 4.74 Å². The van der Waals surface area contributed by atoms with Gasteiger partial charge in [-0.2, -0.15) is 0 Å². The van der Waals surface area contributed by atoms with Gasteiger partial charge in [-0.15, -0.1) is 0 Å². The fourth-order valence-corrected chi connectivity index (χ4v) is 3.28. The minimum absolute atomic E-state index is 0.169. The lowest BCUT2D eigenvalue weighted by Crippen LogP contribution is -2.59. The lowest BCUT2D eigenvalue weighted by Gasteiger charge is -2.48. The Morgan fingerprint density at radius 3 is 2.14 bits per heavy atom. The van der Waals surface area contributed by atoms with Gasteiger partial charge in [-0.25, -0.2) is 0 Å². The standard InChI is InChI=1S/C18H38N2O/c1-6-17-13-18(14-19,9-12-21-17)20(10-7-15(2)3)11-8-16(4)5/h15-17H,6-14,19H2,1-5H3. The molecule has 1 aliphatic heterocycles. The summed E-state index contributed by atoms with van der Waals surface area (Å²) in [5.41, 5.74) is 6.44. The Morgan fingerprint density at radius 1 is 1.14 bits per heavy atom. The highest BCUT2D eigenvalue weighted by Gasteiger charge is 2.40. The van der Waals surface area contributed by atoms with Gasteiger partial charge < -0.3 is 10.5 Å². The molecular formula is C18H38N2O. The van der Waals surface area contributed by atoms with Crippen LogP contribution in [0.2, 0.25) is 0 Å². The van der Waals surface area contributed by atoms with Crippen LogP contribution in [0.15, 0.2) is 0 Å². The molecule has 1 rings (SSSR count). The predicted octanol–water partition coefficient (Wildman–Crippen LogP) is 3.67. The third-order valence-corrected chi connectivity index (χ3v) is 4.99. The molecule has 0 saturated carbocycles. The van der Waals surface area contributed by atoms with E-state index in [1.165, 1.54) is 25.9 Å². The average Bonchev–Trinajstić information content (AvgIpc) is 2.46. The lowest BCUT2D eigenvalue weighted by atomic mass is 9.83. The van der Waals surface area contributed by atoms with Crippen LogP contribution in [0, 0.1) is 11.8 Å². The number of ether oxygens (including phenoxy) is 1. The van der Waals surface area contributed by atoms with E-state index in [1.807, 2.05) is 0 Å². The van der Waals surface area contributed by atoms with Gasteiger partial charge in [0.25, 0.3) is 0 Å². The molecule has 0 aromatic rings. The van der Waals surface area contributed by atoms with Crippen molar-refractivity contribution in [3.8, 4) is 0 Å². The zero-order chi connectivity index (χ0) is 15.9. The van der Waals surface area contributed by atoms with Gasteiger partial charge in [0.05, 0.1) is 6.10 Å². The van der Waals surface area contributed by atoms with Crippen LogP contribution in [0.3, 0.4) is 0 Å². The van der Waals surface area contributed by atoms with E-state index in [9.17, 15) is 0 Å². The van der Waals surface area contributed by atoms with Crippen LogP contribution in [-0.4, -0.2) is 42.8 Å². The number of rotatable bonds is 9. The first-order chi connectivity index (χ1) is 9.93. The molecule has 1 fully saturated rings. The van der Waals surface area contributed by atoms with E-state index in [4.69, 9.17) is 10.5 Å². The summed E-state index contributed by atoms with van der Waals surface area (Å²) >= 11 is 0. The number of nitrogens with zero attached hydrogens (tertiary/aromatic N) is 1. The number of nitrogens with two attached hydrogens (primary N) is 1. The van der Waals surface area contributed by atoms with Gasteiger partial charge in [-0.1, -0.05) is 34.6 Å². The molecule has 0 spiro atoms. The zero-order valence-electron chi connectivity index (χ0n) is 15.0. The molecule has 0 bridgehead atoms. The number of hydrogen-bond donors (Lipinski definition) is 1. The van der Waals surface area contributed by atoms with Crippen LogP contribution < -0.4 is 5.73 Å². The maximum atomic E-state index is 6.27. The molecule has 0 radical (unpaired) electrons. The van der Waals surface area contributed by atoms with Crippen molar-refractivity contribution in [2.45, 2.75) is 78.4 Å². The van der Waals surface area contributed by atoms with Gasteiger partial charge in [0.15, 0.2) is 0 Å². The van der Waals surface area contributed by atoms with Crippen molar-refractivity contribution in [3.63, 3.8) is 0 Å². The van der Waals surface area contributed by atoms with Crippen molar-refractivity contribution in [1.29, 1.82) is 0 Å². The van der Waals surface area contributed by atoms with Crippen molar-refractivity contribution in [2.24, 2.45) is 17.6 Å². The second-order valence-electron chi connectivity index (χ2n) is 7.64. The van der Waals surface area contributed by atoms with Crippen molar-refractivity contribution in [2.75, 3.05) is 26.2 Å². The SMILES string of the molecule is CCC1CC(CN)(N(CCC(C)C)CCC(C)C)CCO1. The Hall–Kier alpha value is -0.120. The highest BCUT2D eigenvalue weighted by Crippen LogP contribution is 2.32. The van der Waals surface area contributed by atoms with Gasteiger partial charge >= 0.3 is 0 Å². The number of hydrogen-bond acceptors (Lipinski definition) is 3. The van der Waals surface area contributed by atoms with Crippen molar-refractivity contribution in [3.05, 3.63) is 0 Å². The Balaban J connectivity index is 2.78. The van der Waals surface area contributed by atoms with Crippen LogP contribution in [0.25, 0.3) is 0 Å². The monoisotopic (exact) mass is 298 g/mol. The fourth-order valence-electron chi connectivity index (χ4n) is 3.28. The molecule has 126 valence electrons. The molecule has 1 aliphatic rings. The molecule has 1 saturated heterocycles. The Labute approximate surface area is 132 Å². The molecule has 1 heterocycles.